The van der Waals surface area contributed by atoms with Crippen LogP contribution >= 0.6 is 0 Å². The number of anilines is 1. The number of hydrogen-bond acceptors (Lipinski definition) is 2. The SMILES string of the molecule is Cc1cccc(NCCCCC(F)(F)F)n1. The van der Waals surface area contributed by atoms with Crippen molar-refractivity contribution >= 4 is 5.82 Å². The van der Waals surface area contributed by atoms with Crippen LogP contribution in [0.15, 0.2) is 18.2 Å². The quantitative estimate of drug-likeness (QED) is 0.785. The average molecular weight is 232 g/mol. The maximum absolute atomic E-state index is 11.8. The standard InChI is InChI=1S/C11H15F3N2/c1-9-5-4-6-10(16-9)15-8-3-2-7-11(12,13)14/h4-6H,2-3,7-8H2,1H3,(H,15,16). The highest BCUT2D eigenvalue weighted by Crippen LogP contribution is 2.22. The molecule has 0 aliphatic rings. The third-order valence-corrected chi connectivity index (χ3v) is 2.08. The molecule has 90 valence electrons. The molecule has 1 rings (SSSR count). The summed E-state index contributed by atoms with van der Waals surface area (Å²) in [6.45, 7) is 2.39. The van der Waals surface area contributed by atoms with Crippen LogP contribution in [0.3, 0.4) is 0 Å². The first kappa shape index (κ1) is 12.8. The third-order valence-electron chi connectivity index (χ3n) is 2.08. The van der Waals surface area contributed by atoms with E-state index in [0.717, 1.165) is 5.69 Å². The van der Waals surface area contributed by atoms with Gasteiger partial charge in [-0.1, -0.05) is 6.07 Å². The lowest BCUT2D eigenvalue weighted by Crippen LogP contribution is -2.09. The second-order valence-electron chi connectivity index (χ2n) is 3.66. The minimum atomic E-state index is -4.04. The van der Waals surface area contributed by atoms with E-state index in [1.807, 2.05) is 19.1 Å². The van der Waals surface area contributed by atoms with Gasteiger partial charge in [0.05, 0.1) is 0 Å². The maximum atomic E-state index is 11.8. The zero-order valence-corrected chi connectivity index (χ0v) is 9.14. The minimum absolute atomic E-state index is 0.155. The molecule has 0 fully saturated rings. The highest BCUT2D eigenvalue weighted by atomic mass is 19.4. The molecule has 0 aliphatic heterocycles. The number of aryl methyl sites for hydroxylation is 1. The summed E-state index contributed by atoms with van der Waals surface area (Å²) >= 11 is 0. The summed E-state index contributed by atoms with van der Waals surface area (Å²) < 4.78 is 35.5. The normalized spacial score (nSPS) is 11.5. The summed E-state index contributed by atoms with van der Waals surface area (Å²) in [5.74, 6) is 0.715. The second-order valence-corrected chi connectivity index (χ2v) is 3.66. The summed E-state index contributed by atoms with van der Waals surface area (Å²) in [5, 5.41) is 2.99. The lowest BCUT2D eigenvalue weighted by molar-refractivity contribution is -0.135. The Hall–Kier alpha value is -1.26. The zero-order valence-electron chi connectivity index (χ0n) is 9.14. The van der Waals surface area contributed by atoms with Crippen molar-refractivity contribution in [3.05, 3.63) is 23.9 Å². The van der Waals surface area contributed by atoms with Gasteiger partial charge in [-0.05, 0) is 31.9 Å². The molecule has 0 aliphatic carbocycles. The highest BCUT2D eigenvalue weighted by Gasteiger charge is 2.25. The molecule has 0 aromatic carbocycles. The predicted octanol–water partition coefficient (Wildman–Crippen LogP) is 3.53. The Morgan fingerprint density at radius 1 is 1.25 bits per heavy atom. The Morgan fingerprint density at radius 3 is 2.62 bits per heavy atom. The summed E-state index contributed by atoms with van der Waals surface area (Å²) in [4.78, 5) is 4.19. The van der Waals surface area contributed by atoms with E-state index in [2.05, 4.69) is 10.3 Å². The van der Waals surface area contributed by atoms with Gasteiger partial charge in [0.1, 0.15) is 5.82 Å². The van der Waals surface area contributed by atoms with Gasteiger partial charge in [0.15, 0.2) is 0 Å². The largest absolute Gasteiger partial charge is 0.389 e. The number of nitrogens with zero attached hydrogens (tertiary/aromatic N) is 1. The summed E-state index contributed by atoms with van der Waals surface area (Å²) in [6, 6.07) is 5.53. The molecule has 1 N–H and O–H groups in total. The van der Waals surface area contributed by atoms with E-state index >= 15 is 0 Å². The van der Waals surface area contributed by atoms with Gasteiger partial charge in [-0.15, -0.1) is 0 Å². The number of halogens is 3. The maximum Gasteiger partial charge on any atom is 0.389 e. The van der Waals surface area contributed by atoms with Gasteiger partial charge >= 0.3 is 6.18 Å². The van der Waals surface area contributed by atoms with Crippen LogP contribution in [0.2, 0.25) is 0 Å². The zero-order chi connectivity index (χ0) is 12.0. The van der Waals surface area contributed by atoms with E-state index in [9.17, 15) is 13.2 Å². The molecule has 0 radical (unpaired) electrons. The Balaban J connectivity index is 2.17. The summed E-state index contributed by atoms with van der Waals surface area (Å²) in [7, 11) is 0. The Labute approximate surface area is 92.9 Å². The van der Waals surface area contributed by atoms with Crippen molar-refractivity contribution in [3.8, 4) is 0 Å². The van der Waals surface area contributed by atoms with Crippen LogP contribution in [0.5, 0.6) is 0 Å². The van der Waals surface area contributed by atoms with Crippen LogP contribution in [-0.4, -0.2) is 17.7 Å². The lowest BCUT2D eigenvalue weighted by atomic mass is 10.2. The predicted molar refractivity (Wildman–Crippen MR) is 57.4 cm³/mol. The Morgan fingerprint density at radius 2 is 2.00 bits per heavy atom. The van der Waals surface area contributed by atoms with Crippen LogP contribution < -0.4 is 5.32 Å². The van der Waals surface area contributed by atoms with E-state index < -0.39 is 12.6 Å². The van der Waals surface area contributed by atoms with Crippen LogP contribution in [-0.2, 0) is 0 Å². The molecule has 0 bridgehead atoms. The van der Waals surface area contributed by atoms with Gasteiger partial charge in [-0.25, -0.2) is 4.98 Å². The van der Waals surface area contributed by atoms with Crippen LogP contribution in [0, 0.1) is 6.92 Å². The number of rotatable bonds is 5. The van der Waals surface area contributed by atoms with Crippen molar-refractivity contribution in [2.45, 2.75) is 32.4 Å². The van der Waals surface area contributed by atoms with E-state index in [0.29, 0.717) is 18.8 Å². The first-order chi connectivity index (χ1) is 7.47. The van der Waals surface area contributed by atoms with Gasteiger partial charge in [0.25, 0.3) is 0 Å². The fourth-order valence-electron chi connectivity index (χ4n) is 1.31. The van der Waals surface area contributed by atoms with Crippen molar-refractivity contribution in [2.75, 3.05) is 11.9 Å². The third kappa shape index (κ3) is 5.58. The number of alkyl halides is 3. The minimum Gasteiger partial charge on any atom is -0.370 e. The summed E-state index contributed by atoms with van der Waals surface area (Å²) in [5.41, 5.74) is 0.889. The monoisotopic (exact) mass is 232 g/mol. The van der Waals surface area contributed by atoms with Crippen LogP contribution in [0.1, 0.15) is 25.0 Å². The van der Waals surface area contributed by atoms with Crippen molar-refractivity contribution in [1.82, 2.24) is 4.98 Å². The summed E-state index contributed by atoms with van der Waals surface area (Å²) in [6.07, 6.45) is -4.10. The highest BCUT2D eigenvalue weighted by molar-refractivity contribution is 5.34. The molecule has 0 amide bonds. The molecular formula is C11H15F3N2. The second kappa shape index (κ2) is 5.72. The van der Waals surface area contributed by atoms with Crippen LogP contribution in [0.4, 0.5) is 19.0 Å². The molecular weight excluding hydrogens is 217 g/mol. The van der Waals surface area contributed by atoms with E-state index in [-0.39, 0.29) is 6.42 Å². The van der Waals surface area contributed by atoms with Gasteiger partial charge in [-0.2, -0.15) is 13.2 Å². The van der Waals surface area contributed by atoms with Crippen molar-refractivity contribution in [2.24, 2.45) is 0 Å². The first-order valence-corrected chi connectivity index (χ1v) is 5.22. The Kier molecular flexibility index (Phi) is 4.58. The average Bonchev–Trinajstić information content (AvgIpc) is 2.15. The number of hydrogen-bond donors (Lipinski definition) is 1. The molecule has 2 nitrogen and oxygen atoms in total. The lowest BCUT2D eigenvalue weighted by Gasteiger charge is -2.07. The number of pyridine rings is 1. The molecule has 16 heavy (non-hydrogen) atoms. The fraction of sp³-hybridized carbons (Fsp3) is 0.545. The fourth-order valence-corrected chi connectivity index (χ4v) is 1.31. The van der Waals surface area contributed by atoms with E-state index in [4.69, 9.17) is 0 Å². The van der Waals surface area contributed by atoms with Gasteiger partial charge < -0.3 is 5.32 Å². The van der Waals surface area contributed by atoms with Crippen molar-refractivity contribution in [1.29, 1.82) is 0 Å². The molecule has 1 heterocycles. The molecule has 0 atom stereocenters. The van der Waals surface area contributed by atoms with E-state index in [1.165, 1.54) is 0 Å². The topological polar surface area (TPSA) is 24.9 Å². The number of nitrogens with one attached hydrogen (secondary N) is 1. The number of unbranched alkanes of at least 4 members (excludes halogenated alkanes) is 1. The smallest absolute Gasteiger partial charge is 0.370 e. The van der Waals surface area contributed by atoms with E-state index in [1.54, 1.807) is 6.07 Å². The molecule has 5 heteroatoms. The molecule has 1 aromatic heterocycles. The molecule has 0 saturated heterocycles. The molecule has 0 unspecified atom stereocenters. The van der Waals surface area contributed by atoms with Gasteiger partial charge in [0.2, 0.25) is 0 Å². The molecule has 1 aromatic rings. The Bertz CT molecular complexity index is 323. The molecule has 0 spiro atoms. The van der Waals surface area contributed by atoms with Gasteiger partial charge in [-0.3, -0.25) is 0 Å². The van der Waals surface area contributed by atoms with Gasteiger partial charge in [0, 0.05) is 18.7 Å². The first-order valence-electron chi connectivity index (χ1n) is 5.22. The molecule has 0 saturated carbocycles. The number of aromatic nitrogens is 1. The van der Waals surface area contributed by atoms with Crippen molar-refractivity contribution in [3.63, 3.8) is 0 Å². The van der Waals surface area contributed by atoms with Crippen molar-refractivity contribution < 1.29 is 13.2 Å². The van der Waals surface area contributed by atoms with Crippen LogP contribution in [0.25, 0.3) is 0 Å².